The Hall–Kier alpha value is -0.900. The highest BCUT2D eigenvalue weighted by atomic mass is 16.5. The van der Waals surface area contributed by atoms with E-state index in [4.69, 9.17) is 4.52 Å². The fourth-order valence-corrected chi connectivity index (χ4v) is 0.650. The summed E-state index contributed by atoms with van der Waals surface area (Å²) in [4.78, 5) is 3.89. The molecule has 10 heavy (non-hydrogen) atoms. The zero-order valence-electron chi connectivity index (χ0n) is 6.16. The van der Waals surface area contributed by atoms with Crippen molar-refractivity contribution in [2.45, 2.75) is 19.4 Å². The van der Waals surface area contributed by atoms with Crippen molar-refractivity contribution in [2.75, 3.05) is 7.05 Å². The van der Waals surface area contributed by atoms with Gasteiger partial charge in [-0.1, -0.05) is 5.16 Å². The first-order valence-corrected chi connectivity index (χ1v) is 3.25. The molecule has 0 amide bonds. The normalized spacial score (nSPS) is 13.4. The van der Waals surface area contributed by atoms with Crippen LogP contribution >= 0.6 is 0 Å². The van der Waals surface area contributed by atoms with E-state index >= 15 is 0 Å². The van der Waals surface area contributed by atoms with Crippen LogP contribution < -0.4 is 5.32 Å². The van der Waals surface area contributed by atoms with Gasteiger partial charge in [-0.05, 0) is 14.0 Å². The van der Waals surface area contributed by atoms with Crippen molar-refractivity contribution in [1.29, 1.82) is 0 Å². The van der Waals surface area contributed by atoms with E-state index in [1.54, 1.807) is 0 Å². The number of likely N-dealkylation sites (N-methyl/N-ethyl adjacent to an activating group) is 1. The second kappa shape index (κ2) is 3.31. The molecule has 1 rings (SSSR count). The highest BCUT2D eigenvalue weighted by Crippen LogP contribution is 1.95. The molecule has 0 aliphatic rings. The number of hydrogen-bond donors (Lipinski definition) is 1. The average molecular weight is 141 g/mol. The molecule has 1 heterocycles. The molecule has 0 radical (unpaired) electrons. The quantitative estimate of drug-likeness (QED) is 0.654. The molecular formula is C6H11N3O. The standard InChI is InChI=1S/C6H11N3O/c1-5(7-2)3-6-8-4-9-10-6/h4-5,7H,3H2,1-2H3. The Bertz CT molecular complexity index is 173. The summed E-state index contributed by atoms with van der Waals surface area (Å²) in [5.74, 6) is 0.682. The number of nitrogens with one attached hydrogen (secondary N) is 1. The maximum absolute atomic E-state index is 4.80. The van der Waals surface area contributed by atoms with Gasteiger partial charge in [-0.25, -0.2) is 0 Å². The molecule has 0 fully saturated rings. The summed E-state index contributed by atoms with van der Waals surface area (Å²) >= 11 is 0. The lowest BCUT2D eigenvalue weighted by Gasteiger charge is -2.04. The van der Waals surface area contributed by atoms with Gasteiger partial charge >= 0.3 is 0 Å². The molecule has 0 aliphatic carbocycles. The summed E-state index contributed by atoms with van der Waals surface area (Å²) in [6.45, 7) is 2.06. The van der Waals surface area contributed by atoms with E-state index < -0.39 is 0 Å². The van der Waals surface area contributed by atoms with Crippen molar-refractivity contribution in [3.8, 4) is 0 Å². The minimum absolute atomic E-state index is 0.389. The van der Waals surface area contributed by atoms with Gasteiger partial charge in [0.2, 0.25) is 5.89 Å². The summed E-state index contributed by atoms with van der Waals surface area (Å²) in [7, 11) is 1.90. The topological polar surface area (TPSA) is 51.0 Å². The summed E-state index contributed by atoms with van der Waals surface area (Å²) in [6, 6.07) is 0.389. The smallest absolute Gasteiger partial charge is 0.227 e. The third-order valence-corrected chi connectivity index (χ3v) is 1.38. The predicted octanol–water partition coefficient (Wildman–Crippen LogP) is 0.220. The first-order chi connectivity index (χ1) is 4.83. The van der Waals surface area contributed by atoms with Crippen molar-refractivity contribution in [3.05, 3.63) is 12.2 Å². The van der Waals surface area contributed by atoms with Crippen LogP contribution in [0.3, 0.4) is 0 Å². The number of rotatable bonds is 3. The first-order valence-electron chi connectivity index (χ1n) is 3.25. The van der Waals surface area contributed by atoms with Gasteiger partial charge in [-0.3, -0.25) is 0 Å². The van der Waals surface area contributed by atoms with E-state index in [0.29, 0.717) is 11.9 Å². The molecule has 0 spiro atoms. The van der Waals surface area contributed by atoms with Gasteiger partial charge in [0.25, 0.3) is 0 Å². The lowest BCUT2D eigenvalue weighted by Crippen LogP contribution is -2.23. The molecule has 4 nitrogen and oxygen atoms in total. The van der Waals surface area contributed by atoms with Crippen LogP contribution in [0.25, 0.3) is 0 Å². The van der Waals surface area contributed by atoms with E-state index in [9.17, 15) is 0 Å². The van der Waals surface area contributed by atoms with Gasteiger partial charge < -0.3 is 9.84 Å². The van der Waals surface area contributed by atoms with Crippen LogP contribution in [0, 0.1) is 0 Å². The van der Waals surface area contributed by atoms with Crippen LogP contribution in [0.4, 0.5) is 0 Å². The minimum Gasteiger partial charge on any atom is -0.340 e. The Balaban J connectivity index is 2.40. The van der Waals surface area contributed by atoms with E-state index in [1.165, 1.54) is 6.33 Å². The SMILES string of the molecule is CNC(C)Cc1ncno1. The summed E-state index contributed by atoms with van der Waals surface area (Å²) in [5.41, 5.74) is 0. The van der Waals surface area contributed by atoms with Crippen LogP contribution in [0.5, 0.6) is 0 Å². The lowest BCUT2D eigenvalue weighted by molar-refractivity contribution is 0.364. The maximum atomic E-state index is 4.80. The van der Waals surface area contributed by atoms with Crippen molar-refractivity contribution >= 4 is 0 Å². The molecule has 56 valence electrons. The second-order valence-corrected chi connectivity index (χ2v) is 2.23. The van der Waals surface area contributed by atoms with Crippen molar-refractivity contribution in [1.82, 2.24) is 15.5 Å². The maximum Gasteiger partial charge on any atom is 0.227 e. The molecule has 0 saturated heterocycles. The molecule has 0 bridgehead atoms. The van der Waals surface area contributed by atoms with E-state index in [0.717, 1.165) is 6.42 Å². The van der Waals surface area contributed by atoms with Crippen LogP contribution in [0.2, 0.25) is 0 Å². The molecule has 1 atom stereocenters. The predicted molar refractivity (Wildman–Crippen MR) is 36.5 cm³/mol. The van der Waals surface area contributed by atoms with E-state index in [-0.39, 0.29) is 0 Å². The van der Waals surface area contributed by atoms with Crippen LogP contribution in [0.1, 0.15) is 12.8 Å². The summed E-state index contributed by atoms with van der Waals surface area (Å²) < 4.78 is 4.80. The van der Waals surface area contributed by atoms with Gasteiger partial charge in [-0.15, -0.1) is 0 Å². The molecule has 1 N–H and O–H groups in total. The summed E-state index contributed by atoms with van der Waals surface area (Å²) in [6.07, 6.45) is 2.20. The highest BCUT2D eigenvalue weighted by Gasteiger charge is 2.03. The Morgan fingerprint density at radius 2 is 2.60 bits per heavy atom. The van der Waals surface area contributed by atoms with Crippen molar-refractivity contribution < 1.29 is 4.52 Å². The number of nitrogens with zero attached hydrogens (tertiary/aromatic N) is 2. The van der Waals surface area contributed by atoms with Crippen LogP contribution in [0.15, 0.2) is 10.9 Å². The monoisotopic (exact) mass is 141 g/mol. The van der Waals surface area contributed by atoms with E-state index in [2.05, 4.69) is 22.4 Å². The van der Waals surface area contributed by atoms with Gasteiger partial charge in [0.15, 0.2) is 6.33 Å². The Labute approximate surface area is 59.6 Å². The zero-order valence-corrected chi connectivity index (χ0v) is 6.16. The van der Waals surface area contributed by atoms with Crippen molar-refractivity contribution in [2.24, 2.45) is 0 Å². The first kappa shape index (κ1) is 7.21. The van der Waals surface area contributed by atoms with Gasteiger partial charge in [-0.2, -0.15) is 4.98 Å². The molecule has 0 aromatic carbocycles. The fourth-order valence-electron chi connectivity index (χ4n) is 0.650. The number of aromatic nitrogens is 2. The van der Waals surface area contributed by atoms with Crippen LogP contribution in [-0.4, -0.2) is 23.2 Å². The molecular weight excluding hydrogens is 130 g/mol. The largest absolute Gasteiger partial charge is 0.340 e. The summed E-state index contributed by atoms with van der Waals surface area (Å²) in [5, 5.41) is 6.57. The Morgan fingerprint density at radius 3 is 3.10 bits per heavy atom. The zero-order chi connectivity index (χ0) is 7.40. The Morgan fingerprint density at radius 1 is 1.80 bits per heavy atom. The van der Waals surface area contributed by atoms with Gasteiger partial charge in [0.05, 0.1) is 0 Å². The van der Waals surface area contributed by atoms with Gasteiger partial charge in [0.1, 0.15) is 0 Å². The highest BCUT2D eigenvalue weighted by molar-refractivity contribution is 4.79. The molecule has 0 saturated carbocycles. The second-order valence-electron chi connectivity index (χ2n) is 2.23. The lowest BCUT2D eigenvalue weighted by atomic mass is 10.2. The molecule has 1 aromatic rings. The third kappa shape index (κ3) is 1.80. The third-order valence-electron chi connectivity index (χ3n) is 1.38. The van der Waals surface area contributed by atoms with Gasteiger partial charge in [0, 0.05) is 12.5 Å². The fraction of sp³-hybridized carbons (Fsp3) is 0.667. The molecule has 4 heteroatoms. The molecule has 0 aliphatic heterocycles. The molecule has 1 aromatic heterocycles. The minimum atomic E-state index is 0.389. The average Bonchev–Trinajstić information content (AvgIpc) is 2.40. The number of hydrogen-bond acceptors (Lipinski definition) is 4. The Kier molecular flexibility index (Phi) is 2.39. The molecule has 1 unspecified atom stereocenters. The van der Waals surface area contributed by atoms with E-state index in [1.807, 2.05) is 7.05 Å². The van der Waals surface area contributed by atoms with Crippen LogP contribution in [-0.2, 0) is 6.42 Å². The van der Waals surface area contributed by atoms with Crippen molar-refractivity contribution in [3.63, 3.8) is 0 Å².